The van der Waals surface area contributed by atoms with Gasteiger partial charge in [0, 0.05) is 18.8 Å². The molecule has 1 aromatic heterocycles. The third-order valence-corrected chi connectivity index (χ3v) is 2.27. The minimum atomic E-state index is -2.81. The third kappa shape index (κ3) is 2.84. The van der Waals surface area contributed by atoms with Gasteiger partial charge in [0.05, 0.1) is 5.56 Å². The number of hydrogen-bond donors (Lipinski definition) is 0. The van der Waals surface area contributed by atoms with Gasteiger partial charge in [-0.25, -0.2) is 13.2 Å². The standard InChI is InChI=1S/C13H9F3N/c14-12-4-3-9(7-11(12)13(15)16)6-10-2-1-5-17-8-10/h1-8,13H. The fraction of sp³-hybridized carbons (Fsp3) is 0.0769. The zero-order valence-corrected chi connectivity index (χ0v) is 8.78. The van der Waals surface area contributed by atoms with Crippen LogP contribution >= 0.6 is 0 Å². The molecule has 0 bridgehead atoms. The highest BCUT2D eigenvalue weighted by Gasteiger charge is 2.13. The number of aromatic nitrogens is 1. The van der Waals surface area contributed by atoms with E-state index in [1.54, 1.807) is 30.9 Å². The molecule has 17 heavy (non-hydrogen) atoms. The zero-order valence-electron chi connectivity index (χ0n) is 8.78. The van der Waals surface area contributed by atoms with Crippen LogP contribution in [0.2, 0.25) is 0 Å². The molecule has 0 amide bonds. The van der Waals surface area contributed by atoms with Crippen molar-refractivity contribution in [1.82, 2.24) is 4.98 Å². The van der Waals surface area contributed by atoms with Crippen molar-refractivity contribution in [3.05, 3.63) is 71.7 Å². The largest absolute Gasteiger partial charge is 0.266 e. The van der Waals surface area contributed by atoms with Crippen molar-refractivity contribution >= 4 is 0 Å². The van der Waals surface area contributed by atoms with E-state index in [1.165, 1.54) is 6.07 Å². The van der Waals surface area contributed by atoms with Gasteiger partial charge in [-0.1, -0.05) is 12.1 Å². The Balaban J connectivity index is 2.26. The molecular weight excluding hydrogens is 227 g/mol. The minimum absolute atomic E-state index is 0.523. The van der Waals surface area contributed by atoms with Crippen molar-refractivity contribution in [2.24, 2.45) is 0 Å². The first-order valence-electron chi connectivity index (χ1n) is 4.99. The lowest BCUT2D eigenvalue weighted by molar-refractivity contribution is 0.146. The summed E-state index contributed by atoms with van der Waals surface area (Å²) in [4.78, 5) is 3.90. The van der Waals surface area contributed by atoms with Crippen molar-refractivity contribution in [2.45, 2.75) is 6.43 Å². The Bertz CT molecular complexity index is 497. The molecule has 0 saturated carbocycles. The molecule has 0 aliphatic heterocycles. The van der Waals surface area contributed by atoms with Gasteiger partial charge in [0.1, 0.15) is 5.82 Å². The van der Waals surface area contributed by atoms with Crippen LogP contribution in [0.4, 0.5) is 13.2 Å². The highest BCUT2D eigenvalue weighted by molar-refractivity contribution is 5.38. The van der Waals surface area contributed by atoms with E-state index in [9.17, 15) is 13.2 Å². The van der Waals surface area contributed by atoms with E-state index in [4.69, 9.17) is 0 Å². The average Bonchev–Trinajstić information content (AvgIpc) is 2.32. The summed E-state index contributed by atoms with van der Waals surface area (Å²) in [5.41, 5.74) is 0.719. The first-order valence-corrected chi connectivity index (χ1v) is 4.99. The van der Waals surface area contributed by atoms with Crippen LogP contribution in [0.15, 0.2) is 42.7 Å². The van der Waals surface area contributed by atoms with Crippen molar-refractivity contribution in [2.75, 3.05) is 0 Å². The maximum absolute atomic E-state index is 13.1. The van der Waals surface area contributed by atoms with Gasteiger partial charge in [0.15, 0.2) is 0 Å². The second kappa shape index (κ2) is 4.99. The molecule has 0 fully saturated rings. The summed E-state index contributed by atoms with van der Waals surface area (Å²) in [6.45, 7) is 0. The summed E-state index contributed by atoms with van der Waals surface area (Å²) in [6.07, 6.45) is 2.08. The van der Waals surface area contributed by atoms with Crippen LogP contribution in [-0.4, -0.2) is 4.98 Å². The van der Waals surface area contributed by atoms with Crippen LogP contribution < -0.4 is 0 Å². The first-order chi connectivity index (χ1) is 8.16. The normalized spacial score (nSPS) is 10.8. The number of rotatable bonds is 3. The monoisotopic (exact) mass is 236 g/mol. The van der Waals surface area contributed by atoms with E-state index in [0.717, 1.165) is 17.7 Å². The average molecular weight is 236 g/mol. The van der Waals surface area contributed by atoms with Crippen LogP contribution in [-0.2, 0) is 0 Å². The molecule has 0 N–H and O–H groups in total. The predicted molar refractivity (Wildman–Crippen MR) is 58.1 cm³/mol. The summed E-state index contributed by atoms with van der Waals surface area (Å²) in [7, 11) is 0. The minimum Gasteiger partial charge on any atom is -0.264 e. The lowest BCUT2D eigenvalue weighted by Gasteiger charge is -2.05. The Morgan fingerprint density at radius 2 is 1.94 bits per heavy atom. The van der Waals surface area contributed by atoms with Crippen LogP contribution in [0.5, 0.6) is 0 Å². The summed E-state index contributed by atoms with van der Waals surface area (Å²) in [6, 6.07) is 7.17. The number of pyridine rings is 1. The van der Waals surface area contributed by atoms with Crippen molar-refractivity contribution < 1.29 is 13.2 Å². The molecule has 1 aromatic carbocycles. The molecule has 1 nitrogen and oxygen atoms in total. The summed E-state index contributed by atoms with van der Waals surface area (Å²) < 4.78 is 38.0. The molecule has 0 atom stereocenters. The van der Waals surface area contributed by atoms with Gasteiger partial charge in [-0.2, -0.15) is 0 Å². The Kier molecular flexibility index (Phi) is 3.42. The molecule has 0 unspecified atom stereocenters. The van der Waals surface area contributed by atoms with Crippen LogP contribution in [0.25, 0.3) is 0 Å². The Labute approximate surface area is 96.9 Å². The highest BCUT2D eigenvalue weighted by Crippen LogP contribution is 2.24. The van der Waals surface area contributed by atoms with Gasteiger partial charge in [-0.05, 0) is 29.3 Å². The second-order valence-corrected chi connectivity index (χ2v) is 3.51. The highest BCUT2D eigenvalue weighted by atomic mass is 19.3. The predicted octanol–water partition coefficient (Wildman–Crippen LogP) is 3.76. The molecular formula is C13H9F3N. The summed E-state index contributed by atoms with van der Waals surface area (Å²) >= 11 is 0. The van der Waals surface area contributed by atoms with E-state index < -0.39 is 17.8 Å². The maximum atomic E-state index is 13.1. The van der Waals surface area contributed by atoms with Crippen molar-refractivity contribution in [1.29, 1.82) is 0 Å². The molecule has 0 aliphatic carbocycles. The molecule has 87 valence electrons. The van der Waals surface area contributed by atoms with Gasteiger partial charge < -0.3 is 0 Å². The fourth-order valence-corrected chi connectivity index (χ4v) is 1.47. The molecule has 1 heterocycles. The van der Waals surface area contributed by atoms with E-state index in [1.807, 2.05) is 0 Å². The molecule has 0 aliphatic rings. The number of hydrogen-bond acceptors (Lipinski definition) is 1. The topological polar surface area (TPSA) is 12.9 Å². The van der Waals surface area contributed by atoms with Crippen LogP contribution in [0.1, 0.15) is 23.1 Å². The van der Waals surface area contributed by atoms with E-state index in [2.05, 4.69) is 4.98 Å². The smallest absolute Gasteiger partial charge is 0.264 e. The van der Waals surface area contributed by atoms with Gasteiger partial charge in [-0.3, -0.25) is 4.98 Å². The molecule has 2 rings (SSSR count). The molecule has 0 saturated heterocycles. The number of benzene rings is 1. The first kappa shape index (κ1) is 11.6. The number of nitrogens with zero attached hydrogens (tertiary/aromatic N) is 1. The van der Waals surface area contributed by atoms with E-state index >= 15 is 0 Å². The SMILES string of the molecule is Fc1ccc([CH]c2cccnc2)cc1C(F)F. The quantitative estimate of drug-likeness (QED) is 0.790. The van der Waals surface area contributed by atoms with Gasteiger partial charge in [0.2, 0.25) is 0 Å². The van der Waals surface area contributed by atoms with Gasteiger partial charge >= 0.3 is 0 Å². The van der Waals surface area contributed by atoms with Crippen molar-refractivity contribution in [3.8, 4) is 0 Å². The van der Waals surface area contributed by atoms with Crippen LogP contribution in [0.3, 0.4) is 0 Å². The van der Waals surface area contributed by atoms with Gasteiger partial charge in [-0.15, -0.1) is 0 Å². The molecule has 0 spiro atoms. The lowest BCUT2D eigenvalue weighted by Crippen LogP contribution is -1.94. The molecule has 2 aromatic rings. The summed E-state index contributed by atoms with van der Waals surface area (Å²) in [5, 5.41) is 0. The fourth-order valence-electron chi connectivity index (χ4n) is 1.47. The lowest BCUT2D eigenvalue weighted by atomic mass is 10.0. The second-order valence-electron chi connectivity index (χ2n) is 3.51. The van der Waals surface area contributed by atoms with Crippen LogP contribution in [0, 0.1) is 12.2 Å². The zero-order chi connectivity index (χ0) is 12.3. The Hall–Kier alpha value is -1.84. The Morgan fingerprint density at radius 1 is 1.12 bits per heavy atom. The van der Waals surface area contributed by atoms with Crippen molar-refractivity contribution in [3.63, 3.8) is 0 Å². The number of halogens is 3. The maximum Gasteiger partial charge on any atom is 0.266 e. The van der Waals surface area contributed by atoms with E-state index in [-0.39, 0.29) is 0 Å². The van der Waals surface area contributed by atoms with E-state index in [0.29, 0.717) is 5.56 Å². The third-order valence-electron chi connectivity index (χ3n) is 2.27. The summed E-state index contributed by atoms with van der Waals surface area (Å²) in [5.74, 6) is -0.886. The molecule has 1 radical (unpaired) electrons. The number of alkyl halides is 2. The Morgan fingerprint density at radius 3 is 2.59 bits per heavy atom. The van der Waals surface area contributed by atoms with Gasteiger partial charge in [0.25, 0.3) is 6.43 Å². The molecule has 4 heteroatoms.